The third-order valence-corrected chi connectivity index (χ3v) is 4.64. The molecule has 0 saturated heterocycles. The molecular weight excluding hydrogens is 478 g/mol. The fraction of sp³-hybridized carbons (Fsp3) is 0.667. The van der Waals surface area contributed by atoms with E-state index in [1.165, 1.54) is 4.72 Å². The van der Waals surface area contributed by atoms with Crippen molar-refractivity contribution in [1.29, 1.82) is 0 Å². The van der Waals surface area contributed by atoms with Gasteiger partial charge in [0.15, 0.2) is 6.10 Å². The lowest BCUT2D eigenvalue weighted by atomic mass is 10.0. The number of carbonyl (C=O) groups is 2. The Morgan fingerprint density at radius 1 is 1.26 bits per heavy atom. The minimum Gasteiger partial charge on any atom is -0.475 e. The Balaban J connectivity index is 3.31. The molecule has 7 atom stereocenters. The van der Waals surface area contributed by atoms with E-state index in [1.54, 1.807) is 0 Å². The summed E-state index contributed by atoms with van der Waals surface area (Å²) in [6, 6.07) is -2.20. The van der Waals surface area contributed by atoms with E-state index in [0.29, 0.717) is 6.08 Å². The van der Waals surface area contributed by atoms with Gasteiger partial charge in [-0.2, -0.15) is 21.6 Å². The average Bonchev–Trinajstić information content (AvgIpc) is 2.63. The van der Waals surface area contributed by atoms with Crippen LogP contribution in [0.3, 0.4) is 0 Å². The highest BCUT2D eigenvalue weighted by Gasteiger charge is 2.45. The number of rotatable bonds is 12. The molecule has 1 rings (SSSR count). The molecule has 180 valence electrons. The van der Waals surface area contributed by atoms with Gasteiger partial charge in [-0.25, -0.2) is 8.98 Å². The monoisotopic (exact) mass is 497 g/mol. The molecule has 1 aliphatic rings. The Kier molecular flexibility index (Phi) is 9.40. The number of aliphatic carboxylic acids is 1. The van der Waals surface area contributed by atoms with E-state index in [1.807, 2.05) is 0 Å². The summed E-state index contributed by atoms with van der Waals surface area (Å²) in [6.45, 7) is -1.21. The second kappa shape index (κ2) is 10.7. The standard InChI is InChI=1S/C12H19NO16S2/c14-2-4(13-30(21,22)23)8(18)9(6(17)3-15)28-12-10(29-31(24,25)26)5(16)1-7(27-12)11(19)20/h1-2,4-6,8-10,12-13,15-18H,3H2,(H,19,20)(H,21,22,23)(H,24,25,26)/t4-,5-,6+,8+,9+,10+,12-/m0/s1. The Morgan fingerprint density at radius 2 is 1.84 bits per heavy atom. The number of carboxylic acids is 1. The molecule has 0 radical (unpaired) electrons. The molecule has 0 aliphatic carbocycles. The van der Waals surface area contributed by atoms with Crippen LogP contribution < -0.4 is 4.72 Å². The number of carbonyl (C=O) groups excluding carboxylic acids is 1. The molecule has 0 aromatic heterocycles. The van der Waals surface area contributed by atoms with Gasteiger partial charge < -0.3 is 39.8 Å². The van der Waals surface area contributed by atoms with Crippen molar-refractivity contribution in [2.75, 3.05) is 6.61 Å². The van der Waals surface area contributed by atoms with Crippen LogP contribution >= 0.6 is 0 Å². The zero-order valence-corrected chi connectivity index (χ0v) is 16.7. The molecule has 0 bridgehead atoms. The number of nitrogens with one attached hydrogen (secondary N) is 1. The highest BCUT2D eigenvalue weighted by molar-refractivity contribution is 7.83. The Labute approximate surface area is 174 Å². The molecule has 1 aliphatic heterocycles. The second-order valence-corrected chi connectivity index (χ2v) is 8.13. The van der Waals surface area contributed by atoms with Crippen molar-refractivity contribution >= 4 is 33.0 Å². The largest absolute Gasteiger partial charge is 0.475 e. The topological polar surface area (TPSA) is 284 Å². The number of hydrogen-bond acceptors (Lipinski definition) is 13. The third kappa shape index (κ3) is 8.34. The van der Waals surface area contributed by atoms with Crippen LogP contribution in [0.5, 0.6) is 0 Å². The summed E-state index contributed by atoms with van der Waals surface area (Å²) in [5.74, 6) is -2.82. The lowest BCUT2D eigenvalue weighted by Gasteiger charge is -2.37. The zero-order valence-electron chi connectivity index (χ0n) is 15.0. The Hall–Kier alpha value is -1.78. The van der Waals surface area contributed by atoms with E-state index in [9.17, 15) is 41.7 Å². The molecule has 1 heterocycles. The maximum Gasteiger partial charge on any atom is 0.397 e. The smallest absolute Gasteiger partial charge is 0.397 e. The van der Waals surface area contributed by atoms with Crippen LogP contribution in [0, 0.1) is 0 Å². The van der Waals surface area contributed by atoms with E-state index < -0.39 is 81.9 Å². The second-order valence-electron chi connectivity index (χ2n) is 5.90. The van der Waals surface area contributed by atoms with Crippen molar-refractivity contribution in [3.05, 3.63) is 11.8 Å². The van der Waals surface area contributed by atoms with Gasteiger partial charge in [0.25, 0.3) is 0 Å². The highest BCUT2D eigenvalue weighted by atomic mass is 32.3. The fourth-order valence-corrected chi connectivity index (χ4v) is 3.35. The predicted molar refractivity (Wildman–Crippen MR) is 91.5 cm³/mol. The van der Waals surface area contributed by atoms with Gasteiger partial charge in [0, 0.05) is 0 Å². The summed E-state index contributed by atoms with van der Waals surface area (Å²) >= 11 is 0. The first kappa shape index (κ1) is 27.3. The molecule has 8 N–H and O–H groups in total. The summed E-state index contributed by atoms with van der Waals surface area (Å²) in [6.07, 6.45) is -13.3. The first-order valence-electron chi connectivity index (χ1n) is 7.87. The van der Waals surface area contributed by atoms with E-state index in [-0.39, 0.29) is 6.29 Å². The number of ether oxygens (including phenoxy) is 2. The lowest BCUT2D eigenvalue weighted by Crippen LogP contribution is -2.57. The van der Waals surface area contributed by atoms with E-state index >= 15 is 0 Å². The van der Waals surface area contributed by atoms with Gasteiger partial charge in [0.1, 0.15) is 36.7 Å². The maximum absolute atomic E-state index is 11.1. The fourth-order valence-electron chi connectivity index (χ4n) is 2.32. The first-order valence-corrected chi connectivity index (χ1v) is 10.7. The summed E-state index contributed by atoms with van der Waals surface area (Å²) in [7, 11) is -10.4. The molecule has 0 unspecified atom stereocenters. The van der Waals surface area contributed by atoms with Crippen LogP contribution in [0.25, 0.3) is 0 Å². The van der Waals surface area contributed by atoms with Crippen LogP contribution in [0.2, 0.25) is 0 Å². The minimum absolute atomic E-state index is 0.246. The van der Waals surface area contributed by atoms with E-state index in [2.05, 4.69) is 4.18 Å². The summed E-state index contributed by atoms with van der Waals surface area (Å²) in [4.78, 5) is 22.2. The van der Waals surface area contributed by atoms with Gasteiger partial charge in [-0.05, 0) is 6.08 Å². The van der Waals surface area contributed by atoms with Crippen molar-refractivity contribution in [2.45, 2.75) is 42.9 Å². The van der Waals surface area contributed by atoms with Crippen LogP contribution in [0.15, 0.2) is 11.8 Å². The van der Waals surface area contributed by atoms with Crippen molar-refractivity contribution in [3.63, 3.8) is 0 Å². The van der Waals surface area contributed by atoms with Gasteiger partial charge in [-0.1, -0.05) is 0 Å². The predicted octanol–water partition coefficient (Wildman–Crippen LogP) is -5.08. The number of hydrogen-bond donors (Lipinski definition) is 8. The van der Waals surface area contributed by atoms with Crippen molar-refractivity contribution < 1.29 is 74.7 Å². The highest BCUT2D eigenvalue weighted by Crippen LogP contribution is 2.26. The van der Waals surface area contributed by atoms with Crippen molar-refractivity contribution in [2.24, 2.45) is 0 Å². The maximum atomic E-state index is 11.1. The molecule has 0 fully saturated rings. The SMILES string of the molecule is O=C[C@H](NS(=O)(=O)O)[C@@H](O)[C@H](O[C@@H]1OC(C(=O)O)=C[C@H](O)[C@H]1OS(=O)(=O)O)[C@H](O)CO. The van der Waals surface area contributed by atoms with Crippen molar-refractivity contribution in [3.8, 4) is 0 Å². The van der Waals surface area contributed by atoms with Gasteiger partial charge in [0.05, 0.1) is 6.61 Å². The minimum atomic E-state index is -5.31. The molecule has 17 nitrogen and oxygen atoms in total. The quantitative estimate of drug-likeness (QED) is 0.0924. The number of carboxylic acid groups (broad SMARTS) is 1. The Morgan fingerprint density at radius 3 is 2.26 bits per heavy atom. The molecule has 0 spiro atoms. The van der Waals surface area contributed by atoms with E-state index in [4.69, 9.17) is 28.8 Å². The molecule has 0 amide bonds. The summed E-state index contributed by atoms with van der Waals surface area (Å²) in [5, 5.41) is 48.1. The average molecular weight is 497 g/mol. The zero-order chi connectivity index (χ0) is 24.1. The van der Waals surface area contributed by atoms with E-state index in [0.717, 1.165) is 0 Å². The van der Waals surface area contributed by atoms with Gasteiger partial charge in [-0.3, -0.25) is 9.11 Å². The summed E-state index contributed by atoms with van der Waals surface area (Å²) < 4.78 is 76.6. The van der Waals surface area contributed by atoms with Crippen LogP contribution in [0.1, 0.15) is 0 Å². The lowest BCUT2D eigenvalue weighted by molar-refractivity contribution is -0.251. The van der Waals surface area contributed by atoms with Crippen LogP contribution in [-0.2, 0) is 43.9 Å². The summed E-state index contributed by atoms with van der Waals surface area (Å²) in [5.41, 5.74) is 0. The molecule has 19 heteroatoms. The first-order chi connectivity index (χ1) is 14.1. The molecule has 31 heavy (non-hydrogen) atoms. The normalized spacial score (nSPS) is 26.1. The van der Waals surface area contributed by atoms with Crippen LogP contribution in [-0.4, -0.2) is 113 Å². The van der Waals surface area contributed by atoms with Gasteiger partial charge in [-0.15, -0.1) is 0 Å². The Bertz CT molecular complexity index is 884. The van der Waals surface area contributed by atoms with Gasteiger partial charge in [0.2, 0.25) is 12.0 Å². The van der Waals surface area contributed by atoms with Gasteiger partial charge >= 0.3 is 26.7 Å². The molecule has 0 aromatic carbocycles. The number of aliphatic hydroxyl groups is 4. The van der Waals surface area contributed by atoms with Crippen molar-refractivity contribution in [1.82, 2.24) is 4.72 Å². The molecular formula is C12H19NO16S2. The third-order valence-electron chi connectivity index (χ3n) is 3.61. The molecule has 0 aromatic rings. The molecule has 0 saturated carbocycles. The number of aldehydes is 1. The number of aliphatic hydroxyl groups excluding tert-OH is 4. The van der Waals surface area contributed by atoms with Crippen LogP contribution in [0.4, 0.5) is 0 Å².